The van der Waals surface area contributed by atoms with E-state index in [4.69, 9.17) is 0 Å². The minimum Gasteiger partial charge on any atom is -0.0776 e. The Morgan fingerprint density at radius 3 is 0.459 bits per heavy atom. The third-order valence-electron chi connectivity index (χ3n) is 5.93. The first kappa shape index (κ1) is 90.6. The average Bonchev–Trinajstić information content (AvgIpc) is 2.81. The van der Waals surface area contributed by atoms with Crippen molar-refractivity contribution in [1.82, 2.24) is 0 Å². The zero-order valence-electron chi connectivity index (χ0n) is 18.0. The molecule has 0 heterocycles. The summed E-state index contributed by atoms with van der Waals surface area (Å²) in [5, 5.41) is 0. The maximum absolute atomic E-state index is 2.38. The van der Waals surface area contributed by atoms with Crippen LogP contribution in [-0.4, -0.2) is 0 Å². The fraction of sp³-hybridized carbons (Fsp3) is 1.00. The summed E-state index contributed by atoms with van der Waals surface area (Å²) in [7, 11) is 0. The van der Waals surface area contributed by atoms with Crippen molar-refractivity contribution < 1.29 is 0 Å². The summed E-state index contributed by atoms with van der Waals surface area (Å²) in [6.07, 6.45) is 23.8. The maximum atomic E-state index is 2.38. The molecule has 0 spiro atoms. The fourth-order valence-corrected chi connectivity index (χ4v) is 4.10. The van der Waals surface area contributed by atoms with E-state index in [0.717, 1.165) is 17.8 Å². The van der Waals surface area contributed by atoms with Crippen molar-refractivity contribution in [3.63, 3.8) is 0 Å². The molecule has 0 heteroatoms. The van der Waals surface area contributed by atoms with E-state index >= 15 is 0 Å². The summed E-state index contributed by atoms with van der Waals surface area (Å²) in [4.78, 5) is 0. The van der Waals surface area contributed by atoms with Gasteiger partial charge in [-0.1, -0.05) is 234 Å². The lowest BCUT2D eigenvalue weighted by Gasteiger charge is -2.02. The lowest BCUT2D eigenvalue weighted by Crippen LogP contribution is -1.88. The molecule has 0 aromatic carbocycles. The SMILES string of the molecule is C.C.C.C.C.C.C.C.C.C.C.C.C.CC.CC1CCCC1.CC1CCCCCC1.CC1CCCCCC1. The molecule has 3 aliphatic carbocycles. The molecule has 0 aromatic rings. The monoisotopic (exact) mass is 547 g/mol. The van der Waals surface area contributed by atoms with Gasteiger partial charge in [0.15, 0.2) is 0 Å². The van der Waals surface area contributed by atoms with Gasteiger partial charge in [0, 0.05) is 0 Å². The van der Waals surface area contributed by atoms with Gasteiger partial charge in [-0.3, -0.25) is 0 Å². The van der Waals surface area contributed by atoms with Crippen molar-refractivity contribution in [3.8, 4) is 0 Å². The van der Waals surface area contributed by atoms with E-state index in [9.17, 15) is 0 Å². The Hall–Kier alpha value is 0. The second kappa shape index (κ2) is 70.6. The summed E-state index contributed by atoms with van der Waals surface area (Å²) >= 11 is 0. The van der Waals surface area contributed by atoms with E-state index in [-0.39, 0.29) is 96.5 Å². The van der Waals surface area contributed by atoms with Crippen molar-refractivity contribution in [1.29, 1.82) is 0 Å². The van der Waals surface area contributed by atoms with Crippen LogP contribution in [0, 0.1) is 17.8 Å². The normalized spacial score (nSPS) is 15.2. The Labute approximate surface area is 251 Å². The molecular weight excluding hydrogens is 444 g/mol. The summed E-state index contributed by atoms with van der Waals surface area (Å²) < 4.78 is 0. The van der Waals surface area contributed by atoms with Crippen molar-refractivity contribution >= 4 is 0 Å². The summed E-state index contributed by atoms with van der Waals surface area (Å²) in [6.45, 7) is 11.1. The van der Waals surface area contributed by atoms with E-state index in [1.807, 2.05) is 13.8 Å². The van der Waals surface area contributed by atoms with E-state index in [1.54, 1.807) is 0 Å². The van der Waals surface area contributed by atoms with Crippen LogP contribution in [0.25, 0.3) is 0 Å². The first-order valence-electron chi connectivity index (χ1n) is 11.7. The van der Waals surface area contributed by atoms with E-state index in [0.29, 0.717) is 0 Å². The van der Waals surface area contributed by atoms with Crippen molar-refractivity contribution in [2.45, 2.75) is 234 Å². The summed E-state index contributed by atoms with van der Waals surface area (Å²) in [5.41, 5.74) is 0. The molecule has 0 aromatic heterocycles. The molecule has 0 atom stereocenters. The molecule has 0 N–H and O–H groups in total. The van der Waals surface area contributed by atoms with Gasteiger partial charge in [-0.25, -0.2) is 0 Å². The first-order chi connectivity index (χ1) is 11.7. The van der Waals surface area contributed by atoms with E-state index < -0.39 is 0 Å². The standard InChI is InChI=1S/2C8H16.C6H12.C2H6.13CH4/c2*1-8-6-4-2-3-5-7-8;1-6-4-2-3-5-6;1-2;;;;;;;;;;;;;/h2*8H,2-7H2,1H3;6H,2-5H2,1H3;1-2H3;13*1H4. The van der Waals surface area contributed by atoms with Crippen LogP contribution in [0.1, 0.15) is 234 Å². The van der Waals surface area contributed by atoms with E-state index in [1.165, 1.54) is 103 Å². The fourth-order valence-electron chi connectivity index (χ4n) is 4.10. The van der Waals surface area contributed by atoms with Crippen molar-refractivity contribution in [2.75, 3.05) is 0 Å². The highest BCUT2D eigenvalue weighted by atomic mass is 14.1. The Morgan fingerprint density at radius 1 is 0.243 bits per heavy atom. The van der Waals surface area contributed by atoms with Crippen molar-refractivity contribution in [2.24, 2.45) is 17.8 Å². The zero-order valence-corrected chi connectivity index (χ0v) is 18.0. The van der Waals surface area contributed by atoms with Crippen LogP contribution in [0.3, 0.4) is 0 Å². The second-order valence-electron chi connectivity index (χ2n) is 8.58. The van der Waals surface area contributed by atoms with Gasteiger partial charge >= 0.3 is 0 Å². The smallest absolute Gasteiger partial charge is 0.0443 e. The summed E-state index contributed by atoms with van der Waals surface area (Å²) in [6, 6.07) is 0. The third-order valence-corrected chi connectivity index (χ3v) is 5.93. The lowest BCUT2D eigenvalue weighted by molar-refractivity contribution is 0.505. The number of hydrogen-bond acceptors (Lipinski definition) is 0. The van der Waals surface area contributed by atoms with Gasteiger partial charge in [0.25, 0.3) is 0 Å². The number of hydrogen-bond donors (Lipinski definition) is 0. The summed E-state index contributed by atoms with van der Waals surface area (Å²) in [5.74, 6) is 3.10. The zero-order chi connectivity index (χ0) is 18.0. The second-order valence-corrected chi connectivity index (χ2v) is 8.58. The van der Waals surface area contributed by atoms with E-state index in [2.05, 4.69) is 20.8 Å². The molecule has 0 bridgehead atoms. The topological polar surface area (TPSA) is 0 Å². The van der Waals surface area contributed by atoms with Gasteiger partial charge in [-0.2, -0.15) is 0 Å². The maximum Gasteiger partial charge on any atom is -0.0443 e. The van der Waals surface area contributed by atoms with Gasteiger partial charge in [0.2, 0.25) is 0 Å². The third kappa shape index (κ3) is 66.6. The Kier molecular flexibility index (Phi) is 173. The predicted molar refractivity (Wildman–Crippen MR) is 200 cm³/mol. The average molecular weight is 547 g/mol. The molecule has 3 rings (SSSR count). The molecule has 3 aliphatic rings. The highest BCUT2D eigenvalue weighted by Gasteiger charge is 2.07. The van der Waals surface area contributed by atoms with Crippen LogP contribution in [0.15, 0.2) is 0 Å². The molecular formula is C37H102. The molecule has 0 aliphatic heterocycles. The van der Waals surface area contributed by atoms with Crippen LogP contribution < -0.4 is 0 Å². The Balaban J connectivity index is -0.0000000148. The molecule has 37 heavy (non-hydrogen) atoms. The van der Waals surface area contributed by atoms with Crippen LogP contribution in [0.5, 0.6) is 0 Å². The molecule has 0 nitrogen and oxygen atoms in total. The lowest BCUT2D eigenvalue weighted by atomic mass is 10.0. The molecule has 0 saturated heterocycles. The molecule has 0 amide bonds. The van der Waals surface area contributed by atoms with Crippen molar-refractivity contribution in [3.05, 3.63) is 0 Å². The molecule has 0 radical (unpaired) electrons. The molecule has 3 fully saturated rings. The largest absolute Gasteiger partial charge is 0.0776 e. The van der Waals surface area contributed by atoms with Gasteiger partial charge in [0.05, 0.1) is 0 Å². The van der Waals surface area contributed by atoms with Gasteiger partial charge < -0.3 is 0 Å². The van der Waals surface area contributed by atoms with Gasteiger partial charge in [-0.15, -0.1) is 0 Å². The highest BCUT2D eigenvalue weighted by Crippen LogP contribution is 2.23. The molecule has 250 valence electrons. The predicted octanol–water partition coefficient (Wildman–Crippen LogP) is 17.4. The van der Waals surface area contributed by atoms with Crippen LogP contribution in [0.4, 0.5) is 0 Å². The highest BCUT2D eigenvalue weighted by molar-refractivity contribution is 4.61. The molecule has 3 saturated carbocycles. The minimum absolute atomic E-state index is 0. The molecule has 0 unspecified atom stereocenters. The van der Waals surface area contributed by atoms with Gasteiger partial charge in [0.1, 0.15) is 0 Å². The first-order valence-corrected chi connectivity index (χ1v) is 11.7. The van der Waals surface area contributed by atoms with Crippen LogP contribution in [0.2, 0.25) is 0 Å². The minimum atomic E-state index is 0. The Morgan fingerprint density at radius 2 is 0.351 bits per heavy atom. The van der Waals surface area contributed by atoms with Crippen LogP contribution in [-0.2, 0) is 0 Å². The van der Waals surface area contributed by atoms with Crippen LogP contribution >= 0.6 is 0 Å². The Bertz CT molecular complexity index is 192. The number of rotatable bonds is 0. The van der Waals surface area contributed by atoms with Gasteiger partial charge in [-0.05, 0) is 17.8 Å². The quantitative estimate of drug-likeness (QED) is 0.265.